The lowest BCUT2D eigenvalue weighted by molar-refractivity contribution is 0.0954. The molecule has 1 amide bonds. The number of hydrazone groups is 1. The monoisotopic (exact) mass is 266 g/mol. The van der Waals surface area contributed by atoms with Crippen LogP contribution in [0, 0.1) is 13.8 Å². The topological polar surface area (TPSA) is 41.5 Å². The Morgan fingerprint density at radius 1 is 0.950 bits per heavy atom. The molecule has 3 heteroatoms. The SMILES string of the molecule is C/C(=N\NC(=O)c1cccc(C)c1)c1ccc(C)cc1. The lowest BCUT2D eigenvalue weighted by Crippen LogP contribution is -2.19. The van der Waals surface area contributed by atoms with E-state index in [0.29, 0.717) is 5.56 Å². The number of amides is 1. The Hall–Kier alpha value is -2.42. The molecule has 0 aliphatic carbocycles. The summed E-state index contributed by atoms with van der Waals surface area (Å²) in [7, 11) is 0. The van der Waals surface area contributed by atoms with Crippen LogP contribution in [-0.4, -0.2) is 11.6 Å². The van der Waals surface area contributed by atoms with Crippen LogP contribution in [0.15, 0.2) is 53.6 Å². The largest absolute Gasteiger partial charge is 0.271 e. The molecule has 0 unspecified atom stereocenters. The zero-order valence-electron chi connectivity index (χ0n) is 12.0. The molecule has 0 atom stereocenters. The maximum Gasteiger partial charge on any atom is 0.271 e. The number of hydrogen-bond donors (Lipinski definition) is 1. The number of rotatable bonds is 3. The van der Waals surface area contributed by atoms with E-state index in [1.165, 1.54) is 5.56 Å². The first-order valence-corrected chi connectivity index (χ1v) is 6.54. The Bertz CT molecular complexity index is 642. The van der Waals surface area contributed by atoms with Gasteiger partial charge in [0, 0.05) is 5.56 Å². The average molecular weight is 266 g/mol. The van der Waals surface area contributed by atoms with Crippen LogP contribution in [0.4, 0.5) is 0 Å². The van der Waals surface area contributed by atoms with Crippen LogP contribution >= 0.6 is 0 Å². The van der Waals surface area contributed by atoms with Gasteiger partial charge in [-0.2, -0.15) is 5.10 Å². The highest BCUT2D eigenvalue weighted by molar-refractivity contribution is 6.00. The number of carbonyl (C=O) groups is 1. The van der Waals surface area contributed by atoms with Crippen LogP contribution in [0.2, 0.25) is 0 Å². The third-order valence-corrected chi connectivity index (χ3v) is 3.07. The zero-order valence-corrected chi connectivity index (χ0v) is 12.0. The molecule has 0 heterocycles. The highest BCUT2D eigenvalue weighted by Gasteiger charge is 2.04. The number of nitrogens with zero attached hydrogens (tertiary/aromatic N) is 1. The predicted molar refractivity (Wildman–Crippen MR) is 82.0 cm³/mol. The number of nitrogens with one attached hydrogen (secondary N) is 1. The molecule has 2 aromatic rings. The van der Waals surface area contributed by atoms with Gasteiger partial charge in [-0.25, -0.2) is 5.43 Å². The van der Waals surface area contributed by atoms with E-state index in [0.717, 1.165) is 16.8 Å². The smallest absolute Gasteiger partial charge is 0.267 e. The van der Waals surface area contributed by atoms with Crippen molar-refractivity contribution in [3.8, 4) is 0 Å². The number of benzene rings is 2. The molecule has 0 bridgehead atoms. The Labute approximate surface area is 119 Å². The molecule has 0 aliphatic rings. The Kier molecular flexibility index (Phi) is 4.31. The van der Waals surface area contributed by atoms with E-state index < -0.39 is 0 Å². The minimum atomic E-state index is -0.194. The molecule has 20 heavy (non-hydrogen) atoms. The third kappa shape index (κ3) is 3.54. The van der Waals surface area contributed by atoms with Crippen molar-refractivity contribution in [2.24, 2.45) is 5.10 Å². The van der Waals surface area contributed by atoms with Gasteiger partial charge in [0.25, 0.3) is 5.91 Å². The zero-order chi connectivity index (χ0) is 14.5. The Morgan fingerprint density at radius 2 is 1.65 bits per heavy atom. The summed E-state index contributed by atoms with van der Waals surface area (Å²) in [4.78, 5) is 12.0. The highest BCUT2D eigenvalue weighted by atomic mass is 16.2. The van der Waals surface area contributed by atoms with Gasteiger partial charge in [-0.3, -0.25) is 4.79 Å². The van der Waals surface area contributed by atoms with Crippen LogP contribution in [0.5, 0.6) is 0 Å². The molecule has 0 fully saturated rings. The molecule has 0 aromatic heterocycles. The summed E-state index contributed by atoms with van der Waals surface area (Å²) in [5, 5.41) is 4.15. The van der Waals surface area contributed by atoms with E-state index in [2.05, 4.69) is 10.5 Å². The van der Waals surface area contributed by atoms with Crippen molar-refractivity contribution in [2.75, 3.05) is 0 Å². The van der Waals surface area contributed by atoms with E-state index in [4.69, 9.17) is 0 Å². The molecule has 0 aliphatic heterocycles. The van der Waals surface area contributed by atoms with E-state index in [-0.39, 0.29) is 5.91 Å². The summed E-state index contributed by atoms with van der Waals surface area (Å²) in [5.74, 6) is -0.194. The molecule has 2 aromatic carbocycles. The molecule has 2 rings (SSSR count). The number of aryl methyl sites for hydroxylation is 2. The minimum Gasteiger partial charge on any atom is -0.267 e. The van der Waals surface area contributed by atoms with Crippen molar-refractivity contribution >= 4 is 11.6 Å². The molecule has 102 valence electrons. The third-order valence-electron chi connectivity index (χ3n) is 3.07. The van der Waals surface area contributed by atoms with Gasteiger partial charge in [0.05, 0.1) is 5.71 Å². The van der Waals surface area contributed by atoms with E-state index in [1.807, 2.05) is 63.2 Å². The molecule has 0 spiro atoms. The van der Waals surface area contributed by atoms with Crippen molar-refractivity contribution in [3.63, 3.8) is 0 Å². The van der Waals surface area contributed by atoms with Crippen LogP contribution in [0.25, 0.3) is 0 Å². The summed E-state index contributed by atoms with van der Waals surface area (Å²) in [6.07, 6.45) is 0. The molecule has 0 saturated heterocycles. The van der Waals surface area contributed by atoms with Crippen LogP contribution in [0.3, 0.4) is 0 Å². The average Bonchev–Trinajstić information content (AvgIpc) is 2.45. The standard InChI is InChI=1S/C17H18N2O/c1-12-7-9-15(10-8-12)14(3)18-19-17(20)16-6-4-5-13(2)11-16/h4-11H,1-3H3,(H,19,20)/b18-14+. The molecule has 0 radical (unpaired) electrons. The lowest BCUT2D eigenvalue weighted by atomic mass is 10.1. The fourth-order valence-electron chi connectivity index (χ4n) is 1.84. The quantitative estimate of drug-likeness (QED) is 0.671. The number of hydrogen-bond acceptors (Lipinski definition) is 2. The van der Waals surface area contributed by atoms with E-state index >= 15 is 0 Å². The molecule has 0 saturated carbocycles. The summed E-state index contributed by atoms with van der Waals surface area (Å²) >= 11 is 0. The van der Waals surface area contributed by atoms with Crippen molar-refractivity contribution in [1.29, 1.82) is 0 Å². The van der Waals surface area contributed by atoms with Crippen molar-refractivity contribution in [1.82, 2.24) is 5.43 Å². The van der Waals surface area contributed by atoms with Crippen molar-refractivity contribution in [2.45, 2.75) is 20.8 Å². The molecule has 1 N–H and O–H groups in total. The first-order chi connectivity index (χ1) is 9.56. The van der Waals surface area contributed by atoms with Crippen LogP contribution in [0.1, 0.15) is 34.0 Å². The second-order valence-corrected chi connectivity index (χ2v) is 4.87. The second-order valence-electron chi connectivity index (χ2n) is 4.87. The second kappa shape index (κ2) is 6.15. The number of carbonyl (C=O) groups excluding carboxylic acids is 1. The minimum absolute atomic E-state index is 0.194. The molecular weight excluding hydrogens is 248 g/mol. The predicted octanol–water partition coefficient (Wildman–Crippen LogP) is 3.46. The summed E-state index contributed by atoms with van der Waals surface area (Å²) in [5.41, 5.74) is 7.24. The highest BCUT2D eigenvalue weighted by Crippen LogP contribution is 2.06. The van der Waals surface area contributed by atoms with Gasteiger partial charge in [-0.15, -0.1) is 0 Å². The Balaban J connectivity index is 2.08. The maximum absolute atomic E-state index is 12.0. The van der Waals surface area contributed by atoms with Gasteiger partial charge in [0.1, 0.15) is 0 Å². The van der Waals surface area contributed by atoms with Gasteiger partial charge < -0.3 is 0 Å². The van der Waals surface area contributed by atoms with Gasteiger partial charge in [-0.05, 0) is 38.5 Å². The van der Waals surface area contributed by atoms with E-state index in [9.17, 15) is 4.79 Å². The summed E-state index contributed by atoms with van der Waals surface area (Å²) in [6, 6.07) is 15.5. The van der Waals surface area contributed by atoms with E-state index in [1.54, 1.807) is 6.07 Å². The molecule has 3 nitrogen and oxygen atoms in total. The maximum atomic E-state index is 12.0. The van der Waals surface area contributed by atoms with Gasteiger partial charge in [0.15, 0.2) is 0 Å². The van der Waals surface area contributed by atoms with Gasteiger partial charge >= 0.3 is 0 Å². The van der Waals surface area contributed by atoms with Crippen LogP contribution in [-0.2, 0) is 0 Å². The summed E-state index contributed by atoms with van der Waals surface area (Å²) < 4.78 is 0. The first kappa shape index (κ1) is 14.0. The van der Waals surface area contributed by atoms with Gasteiger partial charge in [-0.1, -0.05) is 47.5 Å². The Morgan fingerprint density at radius 3 is 2.30 bits per heavy atom. The molecular formula is C17H18N2O. The normalized spacial score (nSPS) is 11.2. The van der Waals surface area contributed by atoms with Crippen LogP contribution < -0.4 is 5.43 Å². The van der Waals surface area contributed by atoms with Gasteiger partial charge in [0.2, 0.25) is 0 Å². The van der Waals surface area contributed by atoms with Crippen molar-refractivity contribution in [3.05, 3.63) is 70.8 Å². The lowest BCUT2D eigenvalue weighted by Gasteiger charge is -2.04. The fraction of sp³-hybridized carbons (Fsp3) is 0.176. The first-order valence-electron chi connectivity index (χ1n) is 6.54. The fourth-order valence-corrected chi connectivity index (χ4v) is 1.84. The summed E-state index contributed by atoms with van der Waals surface area (Å²) in [6.45, 7) is 5.87. The van der Waals surface area contributed by atoms with Crippen molar-refractivity contribution < 1.29 is 4.79 Å².